The summed E-state index contributed by atoms with van der Waals surface area (Å²) in [6.45, 7) is 1.85. The number of rotatable bonds is 4. The minimum Gasteiger partial charge on any atom is -0.412 e. The molecule has 0 spiro atoms. The molecule has 1 unspecified atom stereocenters. The van der Waals surface area contributed by atoms with E-state index in [1.54, 1.807) is 12.1 Å². The predicted molar refractivity (Wildman–Crippen MR) is 82.0 cm³/mol. The number of halogens is 1. The van der Waals surface area contributed by atoms with Crippen molar-refractivity contribution in [1.82, 2.24) is 15.5 Å². The van der Waals surface area contributed by atoms with Crippen molar-refractivity contribution in [3.05, 3.63) is 71.9 Å². The lowest BCUT2D eigenvalue weighted by atomic mass is 10.1. The highest BCUT2D eigenvalue weighted by Crippen LogP contribution is 2.21. The van der Waals surface area contributed by atoms with Crippen LogP contribution in [0.2, 0.25) is 0 Å². The smallest absolute Gasteiger partial charge is 0.309 e. The Bertz CT molecular complexity index is 817. The van der Waals surface area contributed by atoms with Crippen LogP contribution < -0.4 is 5.32 Å². The van der Waals surface area contributed by atoms with Crippen molar-refractivity contribution >= 4 is 5.91 Å². The van der Waals surface area contributed by atoms with Gasteiger partial charge < -0.3 is 9.73 Å². The second kappa shape index (κ2) is 6.39. The quantitative estimate of drug-likeness (QED) is 0.802. The van der Waals surface area contributed by atoms with Crippen LogP contribution in [-0.4, -0.2) is 16.1 Å². The van der Waals surface area contributed by atoms with Crippen LogP contribution in [0.15, 0.2) is 59.0 Å². The molecule has 0 aliphatic carbocycles. The molecule has 1 heterocycles. The van der Waals surface area contributed by atoms with E-state index in [1.807, 2.05) is 37.3 Å². The van der Waals surface area contributed by atoms with Gasteiger partial charge in [-0.2, -0.15) is 0 Å². The van der Waals surface area contributed by atoms with Gasteiger partial charge in [-0.3, -0.25) is 4.79 Å². The molecule has 1 atom stereocenters. The molecule has 3 rings (SSSR count). The molecule has 1 aromatic heterocycles. The molecule has 5 nitrogen and oxygen atoms in total. The molecule has 0 aliphatic rings. The van der Waals surface area contributed by atoms with Crippen LogP contribution in [0.1, 0.15) is 29.2 Å². The molecule has 0 saturated heterocycles. The van der Waals surface area contributed by atoms with Crippen molar-refractivity contribution in [3.63, 3.8) is 0 Å². The van der Waals surface area contributed by atoms with E-state index in [0.717, 1.165) is 5.56 Å². The lowest BCUT2D eigenvalue weighted by Crippen LogP contribution is -2.26. The van der Waals surface area contributed by atoms with Gasteiger partial charge in [-0.15, -0.1) is 10.2 Å². The average molecular weight is 311 g/mol. The van der Waals surface area contributed by atoms with E-state index in [2.05, 4.69) is 15.5 Å². The van der Waals surface area contributed by atoms with Crippen LogP contribution in [0.5, 0.6) is 0 Å². The highest BCUT2D eigenvalue weighted by Gasteiger charge is 2.19. The highest BCUT2D eigenvalue weighted by atomic mass is 19.1. The van der Waals surface area contributed by atoms with Crippen LogP contribution in [0.25, 0.3) is 11.5 Å². The molecule has 0 fully saturated rings. The maximum Gasteiger partial charge on any atom is 0.309 e. The van der Waals surface area contributed by atoms with Crippen LogP contribution in [0, 0.1) is 5.82 Å². The molecular formula is C17H14FN3O2. The summed E-state index contributed by atoms with van der Waals surface area (Å²) in [5.41, 5.74) is 1.12. The van der Waals surface area contributed by atoms with E-state index in [9.17, 15) is 9.18 Å². The maximum atomic E-state index is 13.7. The first kappa shape index (κ1) is 14.9. The summed E-state index contributed by atoms with van der Waals surface area (Å²) < 4.78 is 19.0. The van der Waals surface area contributed by atoms with Crippen molar-refractivity contribution in [3.8, 4) is 11.5 Å². The Hall–Kier alpha value is -3.02. The van der Waals surface area contributed by atoms with Crippen LogP contribution in [0.3, 0.4) is 0 Å². The fourth-order valence-electron chi connectivity index (χ4n) is 2.14. The van der Waals surface area contributed by atoms with Gasteiger partial charge in [0.2, 0.25) is 0 Å². The summed E-state index contributed by atoms with van der Waals surface area (Å²) in [6, 6.07) is 15.3. The van der Waals surface area contributed by atoms with E-state index >= 15 is 0 Å². The molecule has 3 aromatic rings. The van der Waals surface area contributed by atoms with Crippen molar-refractivity contribution in [2.75, 3.05) is 0 Å². The first-order chi connectivity index (χ1) is 11.1. The largest absolute Gasteiger partial charge is 0.412 e. The number of amides is 1. The fraction of sp³-hybridized carbons (Fsp3) is 0.118. The van der Waals surface area contributed by atoms with Crippen LogP contribution in [-0.2, 0) is 0 Å². The number of hydrogen-bond acceptors (Lipinski definition) is 4. The second-order valence-corrected chi connectivity index (χ2v) is 5.00. The molecule has 0 radical (unpaired) electrons. The normalized spacial score (nSPS) is 11.9. The summed E-state index contributed by atoms with van der Waals surface area (Å²) in [5, 5.41) is 10.2. The first-order valence-electron chi connectivity index (χ1n) is 7.09. The van der Waals surface area contributed by atoms with Crippen LogP contribution >= 0.6 is 0 Å². The van der Waals surface area contributed by atoms with E-state index in [0.29, 0.717) is 0 Å². The van der Waals surface area contributed by atoms with Gasteiger partial charge in [0.05, 0.1) is 11.6 Å². The zero-order chi connectivity index (χ0) is 16.2. The number of nitrogens with one attached hydrogen (secondary N) is 1. The minimum absolute atomic E-state index is 0.0272. The van der Waals surface area contributed by atoms with Crippen molar-refractivity contribution in [2.45, 2.75) is 13.0 Å². The number of benzene rings is 2. The molecule has 1 amide bonds. The van der Waals surface area contributed by atoms with Crippen molar-refractivity contribution < 1.29 is 13.6 Å². The summed E-state index contributed by atoms with van der Waals surface area (Å²) in [4.78, 5) is 12.2. The average Bonchev–Trinajstić information content (AvgIpc) is 3.06. The zero-order valence-electron chi connectivity index (χ0n) is 12.4. The van der Waals surface area contributed by atoms with Crippen molar-refractivity contribution in [1.29, 1.82) is 0 Å². The lowest BCUT2D eigenvalue weighted by Gasteiger charge is -2.12. The summed E-state index contributed by atoms with van der Waals surface area (Å²) in [7, 11) is 0. The third-order valence-electron chi connectivity index (χ3n) is 3.37. The van der Waals surface area contributed by atoms with E-state index in [4.69, 9.17) is 4.42 Å². The second-order valence-electron chi connectivity index (χ2n) is 5.00. The number of aromatic nitrogens is 2. The molecule has 23 heavy (non-hydrogen) atoms. The monoisotopic (exact) mass is 311 g/mol. The Kier molecular flexibility index (Phi) is 4.14. The van der Waals surface area contributed by atoms with Gasteiger partial charge in [0.25, 0.3) is 5.89 Å². The van der Waals surface area contributed by atoms with Gasteiger partial charge in [0.1, 0.15) is 5.82 Å². The van der Waals surface area contributed by atoms with Gasteiger partial charge in [0.15, 0.2) is 0 Å². The lowest BCUT2D eigenvalue weighted by molar-refractivity contribution is 0.0905. The van der Waals surface area contributed by atoms with Gasteiger partial charge in [-0.25, -0.2) is 4.39 Å². The van der Waals surface area contributed by atoms with Gasteiger partial charge in [0, 0.05) is 0 Å². The Morgan fingerprint density at radius 2 is 1.78 bits per heavy atom. The van der Waals surface area contributed by atoms with Crippen LogP contribution in [0.4, 0.5) is 4.39 Å². The topological polar surface area (TPSA) is 68.0 Å². The number of hydrogen-bond donors (Lipinski definition) is 1. The SMILES string of the molecule is CC(NC(=O)c1nnc(-c2ccccc2F)o1)c1ccccc1. The zero-order valence-corrected chi connectivity index (χ0v) is 12.4. The minimum atomic E-state index is -0.503. The fourth-order valence-corrected chi connectivity index (χ4v) is 2.14. The van der Waals surface area contributed by atoms with Gasteiger partial charge in [-0.1, -0.05) is 42.5 Å². The first-order valence-corrected chi connectivity index (χ1v) is 7.09. The number of nitrogens with zero attached hydrogens (tertiary/aromatic N) is 2. The van der Waals surface area contributed by atoms with E-state index in [1.165, 1.54) is 12.1 Å². The predicted octanol–water partition coefficient (Wildman–Crippen LogP) is 3.37. The molecular weight excluding hydrogens is 297 g/mol. The number of carbonyl (C=O) groups is 1. The Labute approximate surface area is 132 Å². The Morgan fingerprint density at radius 3 is 2.52 bits per heavy atom. The molecule has 116 valence electrons. The van der Waals surface area contributed by atoms with Gasteiger partial charge in [-0.05, 0) is 24.6 Å². The van der Waals surface area contributed by atoms with E-state index in [-0.39, 0.29) is 23.4 Å². The maximum absolute atomic E-state index is 13.7. The van der Waals surface area contributed by atoms with Gasteiger partial charge >= 0.3 is 11.8 Å². The Morgan fingerprint density at radius 1 is 1.09 bits per heavy atom. The molecule has 0 bridgehead atoms. The highest BCUT2D eigenvalue weighted by molar-refractivity contribution is 5.90. The third kappa shape index (κ3) is 3.26. The third-order valence-corrected chi connectivity index (χ3v) is 3.37. The molecule has 1 N–H and O–H groups in total. The van der Waals surface area contributed by atoms with Crippen molar-refractivity contribution in [2.24, 2.45) is 0 Å². The molecule has 0 saturated carbocycles. The summed E-state index contributed by atoms with van der Waals surface area (Å²) in [6.07, 6.45) is 0. The standard InChI is InChI=1S/C17H14FN3O2/c1-11(12-7-3-2-4-8-12)19-15(22)17-21-20-16(23-17)13-9-5-6-10-14(13)18/h2-11H,1H3,(H,19,22). The van der Waals surface area contributed by atoms with E-state index < -0.39 is 11.7 Å². The molecule has 2 aromatic carbocycles. The Balaban J connectivity index is 1.75. The molecule has 6 heteroatoms. The summed E-state index contributed by atoms with van der Waals surface area (Å²) >= 11 is 0. The summed E-state index contributed by atoms with van der Waals surface area (Å²) in [5.74, 6) is -1.22. The number of carbonyl (C=O) groups excluding carboxylic acids is 1. The molecule has 0 aliphatic heterocycles.